The molecule has 0 unspecified atom stereocenters. The first kappa shape index (κ1) is 21.4. The van der Waals surface area contributed by atoms with Gasteiger partial charge in [0.25, 0.3) is 5.56 Å². The third kappa shape index (κ3) is 4.90. The van der Waals surface area contributed by atoms with Crippen molar-refractivity contribution in [1.29, 1.82) is 0 Å². The van der Waals surface area contributed by atoms with E-state index in [9.17, 15) is 14.4 Å². The van der Waals surface area contributed by atoms with Crippen molar-refractivity contribution in [3.63, 3.8) is 0 Å². The highest BCUT2D eigenvalue weighted by Gasteiger charge is 2.43. The van der Waals surface area contributed by atoms with E-state index >= 15 is 0 Å². The zero-order valence-corrected chi connectivity index (χ0v) is 17.9. The van der Waals surface area contributed by atoms with Gasteiger partial charge in [-0.1, -0.05) is 30.3 Å². The molecular formula is C23H30N4O4. The Morgan fingerprint density at radius 3 is 2.42 bits per heavy atom. The minimum Gasteiger partial charge on any atom is -0.383 e. The third-order valence-electron chi connectivity index (χ3n) is 6.35. The number of H-pyrrole nitrogens is 1. The molecule has 2 aliphatic rings. The number of nitrogens with one attached hydrogen (secondary N) is 1. The molecule has 166 valence electrons. The van der Waals surface area contributed by atoms with Crippen molar-refractivity contribution in [1.82, 2.24) is 9.55 Å². The Balaban J connectivity index is 1.70. The SMILES string of the molecule is COCCn1c(N)c(N(Cc2ccccc2)C(=O)CC(C2CC2)C2CC2)c(=O)[nH]c1=O. The molecule has 0 saturated heterocycles. The number of nitrogen functional groups attached to an aromatic ring is 1. The minimum absolute atomic E-state index is 0.00975. The summed E-state index contributed by atoms with van der Waals surface area (Å²) in [5, 5.41) is 0. The number of carbonyl (C=O) groups is 1. The molecule has 8 heteroatoms. The van der Waals surface area contributed by atoms with Crippen LogP contribution in [0, 0.1) is 17.8 Å². The molecule has 1 amide bonds. The van der Waals surface area contributed by atoms with Gasteiger partial charge in [0.15, 0.2) is 5.69 Å². The maximum atomic E-state index is 13.5. The number of methoxy groups -OCH3 is 1. The second-order valence-electron chi connectivity index (χ2n) is 8.65. The highest BCUT2D eigenvalue weighted by atomic mass is 16.5. The molecule has 2 aromatic rings. The molecular weight excluding hydrogens is 396 g/mol. The Morgan fingerprint density at radius 1 is 1.19 bits per heavy atom. The highest BCUT2D eigenvalue weighted by Crippen LogP contribution is 2.51. The van der Waals surface area contributed by atoms with Crippen LogP contribution in [0.4, 0.5) is 11.5 Å². The van der Waals surface area contributed by atoms with E-state index in [-0.39, 0.29) is 37.1 Å². The first-order valence-corrected chi connectivity index (χ1v) is 11.0. The number of nitrogens with two attached hydrogens (primary N) is 1. The Bertz CT molecular complexity index is 1030. The number of carbonyl (C=O) groups excluding carboxylic acids is 1. The summed E-state index contributed by atoms with van der Waals surface area (Å²) in [5.74, 6) is 1.46. The summed E-state index contributed by atoms with van der Waals surface area (Å²) in [5.41, 5.74) is 5.96. The second-order valence-corrected chi connectivity index (χ2v) is 8.65. The van der Waals surface area contributed by atoms with Crippen LogP contribution in [0.2, 0.25) is 0 Å². The van der Waals surface area contributed by atoms with Gasteiger partial charge in [0.05, 0.1) is 19.7 Å². The number of anilines is 2. The highest BCUT2D eigenvalue weighted by molar-refractivity contribution is 5.95. The zero-order valence-electron chi connectivity index (χ0n) is 17.9. The summed E-state index contributed by atoms with van der Waals surface area (Å²) in [4.78, 5) is 42.5. The van der Waals surface area contributed by atoms with Gasteiger partial charge in [0.1, 0.15) is 5.82 Å². The van der Waals surface area contributed by atoms with Crippen LogP contribution >= 0.6 is 0 Å². The molecule has 0 bridgehead atoms. The molecule has 31 heavy (non-hydrogen) atoms. The molecule has 3 N–H and O–H groups in total. The Hall–Kier alpha value is -2.87. The average Bonchev–Trinajstić information content (AvgIpc) is 3.65. The van der Waals surface area contributed by atoms with Crippen molar-refractivity contribution in [2.45, 2.75) is 45.2 Å². The lowest BCUT2D eigenvalue weighted by molar-refractivity contribution is -0.120. The lowest BCUT2D eigenvalue weighted by Crippen LogP contribution is -2.41. The summed E-state index contributed by atoms with van der Waals surface area (Å²) in [6, 6.07) is 9.50. The van der Waals surface area contributed by atoms with Crippen LogP contribution in [0.25, 0.3) is 0 Å². The predicted octanol–water partition coefficient (Wildman–Crippen LogP) is 2.12. The molecule has 8 nitrogen and oxygen atoms in total. The molecule has 1 heterocycles. The maximum absolute atomic E-state index is 13.5. The van der Waals surface area contributed by atoms with Crippen molar-refractivity contribution < 1.29 is 9.53 Å². The fourth-order valence-corrected chi connectivity index (χ4v) is 4.38. The molecule has 4 rings (SSSR count). The van der Waals surface area contributed by atoms with Gasteiger partial charge < -0.3 is 15.4 Å². The van der Waals surface area contributed by atoms with Crippen LogP contribution in [0.1, 0.15) is 37.7 Å². The Labute approximate surface area is 181 Å². The van der Waals surface area contributed by atoms with Gasteiger partial charge in [0.2, 0.25) is 5.91 Å². The second kappa shape index (κ2) is 9.09. The van der Waals surface area contributed by atoms with Crippen molar-refractivity contribution in [3.05, 3.63) is 56.7 Å². The van der Waals surface area contributed by atoms with Crippen LogP contribution in [0.5, 0.6) is 0 Å². The van der Waals surface area contributed by atoms with Gasteiger partial charge in [-0.05, 0) is 49.0 Å². The van der Waals surface area contributed by atoms with E-state index < -0.39 is 11.2 Å². The summed E-state index contributed by atoms with van der Waals surface area (Å²) in [6.45, 7) is 0.663. The summed E-state index contributed by atoms with van der Waals surface area (Å²) in [6.07, 6.45) is 5.11. The van der Waals surface area contributed by atoms with Gasteiger partial charge in [-0.2, -0.15) is 0 Å². The summed E-state index contributed by atoms with van der Waals surface area (Å²) in [7, 11) is 1.52. The number of ether oxygens (including phenoxy) is 1. The van der Waals surface area contributed by atoms with Gasteiger partial charge in [-0.3, -0.25) is 19.1 Å². The minimum atomic E-state index is -0.644. The van der Waals surface area contributed by atoms with Crippen molar-refractivity contribution in [2.24, 2.45) is 17.8 Å². The van der Waals surface area contributed by atoms with Crippen LogP contribution in [0.3, 0.4) is 0 Å². The fourth-order valence-electron chi connectivity index (χ4n) is 4.38. The number of rotatable bonds is 10. The number of amides is 1. The normalized spacial score (nSPS) is 15.9. The Kier molecular flexibility index (Phi) is 6.27. The lowest BCUT2D eigenvalue weighted by Gasteiger charge is -2.27. The van der Waals surface area contributed by atoms with Crippen LogP contribution in [-0.4, -0.2) is 29.2 Å². The zero-order chi connectivity index (χ0) is 22.0. The molecule has 1 aromatic carbocycles. The van der Waals surface area contributed by atoms with Crippen molar-refractivity contribution in [2.75, 3.05) is 24.4 Å². The van der Waals surface area contributed by atoms with E-state index in [1.54, 1.807) is 0 Å². The van der Waals surface area contributed by atoms with Gasteiger partial charge in [-0.15, -0.1) is 0 Å². The first-order chi connectivity index (χ1) is 15.0. The number of hydrogen-bond donors (Lipinski definition) is 2. The number of hydrogen-bond acceptors (Lipinski definition) is 5. The molecule has 0 radical (unpaired) electrons. The Morgan fingerprint density at radius 2 is 1.84 bits per heavy atom. The van der Waals surface area contributed by atoms with Crippen molar-refractivity contribution >= 4 is 17.4 Å². The maximum Gasteiger partial charge on any atom is 0.330 e. The van der Waals surface area contributed by atoms with Crippen molar-refractivity contribution in [3.8, 4) is 0 Å². The van der Waals surface area contributed by atoms with Crippen LogP contribution in [0.15, 0.2) is 39.9 Å². The molecule has 0 aliphatic heterocycles. The smallest absolute Gasteiger partial charge is 0.330 e. The largest absolute Gasteiger partial charge is 0.383 e. The summed E-state index contributed by atoms with van der Waals surface area (Å²) < 4.78 is 6.32. The molecule has 1 aromatic heterocycles. The van der Waals surface area contributed by atoms with E-state index in [4.69, 9.17) is 10.5 Å². The number of aromatic nitrogens is 2. The van der Waals surface area contributed by atoms with Gasteiger partial charge in [0, 0.05) is 13.5 Å². The van der Waals surface area contributed by atoms with Gasteiger partial charge in [-0.25, -0.2) is 4.79 Å². The quantitative estimate of drug-likeness (QED) is 0.605. The first-order valence-electron chi connectivity index (χ1n) is 11.0. The van der Waals surface area contributed by atoms with E-state index in [1.165, 1.54) is 42.3 Å². The monoisotopic (exact) mass is 426 g/mol. The molecule has 0 atom stereocenters. The van der Waals surface area contributed by atoms with Gasteiger partial charge >= 0.3 is 5.69 Å². The number of aromatic amines is 1. The molecule has 2 saturated carbocycles. The fraction of sp³-hybridized carbons (Fsp3) is 0.522. The van der Waals surface area contributed by atoms with Crippen LogP contribution < -0.4 is 21.9 Å². The number of nitrogens with zero attached hydrogens (tertiary/aromatic N) is 2. The third-order valence-corrected chi connectivity index (χ3v) is 6.35. The predicted molar refractivity (Wildman–Crippen MR) is 119 cm³/mol. The lowest BCUT2D eigenvalue weighted by atomic mass is 9.93. The van der Waals surface area contributed by atoms with Crippen LogP contribution in [-0.2, 0) is 22.6 Å². The average molecular weight is 427 g/mol. The molecule has 0 spiro atoms. The van der Waals surface area contributed by atoms with E-state index in [2.05, 4.69) is 4.98 Å². The topological polar surface area (TPSA) is 110 Å². The van der Waals surface area contributed by atoms with E-state index in [0.717, 1.165) is 5.56 Å². The molecule has 2 fully saturated rings. The van der Waals surface area contributed by atoms with E-state index in [1.807, 2.05) is 30.3 Å². The molecule has 2 aliphatic carbocycles. The van der Waals surface area contributed by atoms with E-state index in [0.29, 0.717) is 24.2 Å². The number of benzene rings is 1. The summed E-state index contributed by atoms with van der Waals surface area (Å²) >= 11 is 0. The standard InChI is InChI=1S/C23H30N4O4/c1-31-12-11-26-21(24)20(22(29)25-23(26)30)27(14-15-5-3-2-4-6-15)19(28)13-18(16-7-8-16)17-9-10-17/h2-6,16-18H,7-14,24H2,1H3,(H,25,29,30).